The molecule has 1 fully saturated rings. The summed E-state index contributed by atoms with van der Waals surface area (Å²) in [5.41, 5.74) is 0. The van der Waals surface area contributed by atoms with Gasteiger partial charge in [-0.25, -0.2) is 8.42 Å². The highest BCUT2D eigenvalue weighted by Crippen LogP contribution is 2.39. The molecule has 1 aromatic rings. The molecular weight excluding hydrogens is 399 g/mol. The third-order valence-electron chi connectivity index (χ3n) is 3.89. The standard InChI is InChI=1S/C14H17BrCl2O3S/c1-2-9-3-5-11(6-4-9)20-14-12(16)7-10(15)8-13(14)21(17,18)19/h7-9,11H,2-6H2,1H3. The van der Waals surface area contributed by atoms with E-state index in [0.717, 1.165) is 31.6 Å². The Bertz CT molecular complexity index is 611. The van der Waals surface area contributed by atoms with Crippen molar-refractivity contribution < 1.29 is 13.2 Å². The first-order valence-corrected chi connectivity index (χ1v) is 10.4. The van der Waals surface area contributed by atoms with Crippen LogP contribution in [0.5, 0.6) is 5.75 Å². The van der Waals surface area contributed by atoms with Crippen LogP contribution in [0.1, 0.15) is 39.0 Å². The van der Waals surface area contributed by atoms with Gasteiger partial charge in [0.15, 0.2) is 5.75 Å². The summed E-state index contributed by atoms with van der Waals surface area (Å²) in [6.45, 7) is 2.19. The molecule has 0 aliphatic heterocycles. The van der Waals surface area contributed by atoms with Crippen LogP contribution in [0.2, 0.25) is 5.02 Å². The lowest BCUT2D eigenvalue weighted by Crippen LogP contribution is -2.24. The molecule has 3 nitrogen and oxygen atoms in total. The molecule has 0 saturated heterocycles. The fourth-order valence-corrected chi connectivity index (χ4v) is 4.71. The quantitative estimate of drug-likeness (QED) is 0.620. The number of hydrogen-bond acceptors (Lipinski definition) is 3. The average molecular weight is 416 g/mol. The minimum atomic E-state index is -3.91. The van der Waals surface area contributed by atoms with Gasteiger partial charge in [-0.05, 0) is 43.7 Å². The Hall–Kier alpha value is 0.0300. The maximum atomic E-state index is 11.7. The van der Waals surface area contributed by atoms with Gasteiger partial charge in [0.1, 0.15) is 4.90 Å². The second kappa shape index (κ2) is 7.07. The van der Waals surface area contributed by atoms with E-state index in [0.29, 0.717) is 4.47 Å². The van der Waals surface area contributed by atoms with Crippen molar-refractivity contribution >= 4 is 47.3 Å². The van der Waals surface area contributed by atoms with Gasteiger partial charge >= 0.3 is 0 Å². The molecule has 1 aliphatic rings. The molecule has 1 saturated carbocycles. The van der Waals surface area contributed by atoms with E-state index in [2.05, 4.69) is 22.9 Å². The van der Waals surface area contributed by atoms with E-state index in [1.807, 2.05) is 0 Å². The largest absolute Gasteiger partial charge is 0.487 e. The fourth-order valence-electron chi connectivity index (χ4n) is 2.66. The maximum absolute atomic E-state index is 11.7. The smallest absolute Gasteiger partial charge is 0.265 e. The summed E-state index contributed by atoms with van der Waals surface area (Å²) in [7, 11) is 1.57. The zero-order chi connectivity index (χ0) is 15.6. The van der Waals surface area contributed by atoms with E-state index in [1.54, 1.807) is 6.07 Å². The Morgan fingerprint density at radius 2 is 1.90 bits per heavy atom. The Labute approximate surface area is 143 Å². The Morgan fingerprint density at radius 3 is 2.43 bits per heavy atom. The van der Waals surface area contributed by atoms with Crippen LogP contribution in [0.4, 0.5) is 0 Å². The zero-order valence-corrected chi connectivity index (χ0v) is 15.5. The van der Waals surface area contributed by atoms with Crippen LogP contribution in [-0.4, -0.2) is 14.5 Å². The van der Waals surface area contributed by atoms with E-state index < -0.39 is 9.05 Å². The molecule has 0 radical (unpaired) electrons. The van der Waals surface area contributed by atoms with Gasteiger partial charge in [0.25, 0.3) is 9.05 Å². The summed E-state index contributed by atoms with van der Waals surface area (Å²) in [4.78, 5) is -0.0823. The molecule has 0 amide bonds. The maximum Gasteiger partial charge on any atom is 0.265 e. The Morgan fingerprint density at radius 1 is 1.29 bits per heavy atom. The van der Waals surface area contributed by atoms with Crippen molar-refractivity contribution in [2.75, 3.05) is 0 Å². The Balaban J connectivity index is 2.24. The SMILES string of the molecule is CCC1CCC(Oc2c(Cl)cc(Br)cc2S(=O)(=O)Cl)CC1. The van der Waals surface area contributed by atoms with Crippen molar-refractivity contribution in [1.29, 1.82) is 0 Å². The zero-order valence-electron chi connectivity index (χ0n) is 11.6. The summed E-state index contributed by atoms with van der Waals surface area (Å²) >= 11 is 9.36. The van der Waals surface area contributed by atoms with Gasteiger partial charge in [-0.15, -0.1) is 0 Å². The van der Waals surface area contributed by atoms with Gasteiger partial charge in [-0.1, -0.05) is 40.9 Å². The lowest BCUT2D eigenvalue weighted by atomic mass is 9.86. The third kappa shape index (κ3) is 4.50. The van der Waals surface area contributed by atoms with Crippen LogP contribution in [0.15, 0.2) is 21.5 Å². The van der Waals surface area contributed by atoms with Gasteiger partial charge in [0, 0.05) is 15.2 Å². The van der Waals surface area contributed by atoms with Gasteiger partial charge < -0.3 is 4.74 Å². The minimum Gasteiger partial charge on any atom is -0.487 e. The van der Waals surface area contributed by atoms with Crippen molar-refractivity contribution in [3.63, 3.8) is 0 Å². The lowest BCUT2D eigenvalue weighted by molar-refractivity contribution is 0.127. The minimum absolute atomic E-state index is 0.0105. The summed E-state index contributed by atoms with van der Waals surface area (Å²) < 4.78 is 29.8. The first-order chi connectivity index (χ1) is 9.81. The molecule has 0 aromatic heterocycles. The van der Waals surface area contributed by atoms with Crippen LogP contribution in [-0.2, 0) is 9.05 Å². The molecule has 1 aliphatic carbocycles. The van der Waals surface area contributed by atoms with Gasteiger partial charge in [-0.2, -0.15) is 0 Å². The molecule has 0 spiro atoms. The van der Waals surface area contributed by atoms with E-state index >= 15 is 0 Å². The van der Waals surface area contributed by atoms with E-state index in [4.69, 9.17) is 27.0 Å². The highest BCUT2D eigenvalue weighted by Gasteiger charge is 2.26. The van der Waals surface area contributed by atoms with E-state index in [1.165, 1.54) is 12.5 Å². The highest BCUT2D eigenvalue weighted by atomic mass is 79.9. The molecule has 2 rings (SSSR count). The first-order valence-electron chi connectivity index (χ1n) is 6.91. The second-order valence-corrected chi connectivity index (χ2v) is 9.18. The van der Waals surface area contributed by atoms with Gasteiger partial charge in [0.2, 0.25) is 0 Å². The number of rotatable bonds is 4. The van der Waals surface area contributed by atoms with Crippen molar-refractivity contribution in [2.45, 2.75) is 50.0 Å². The van der Waals surface area contributed by atoms with Crippen LogP contribution >= 0.6 is 38.2 Å². The van der Waals surface area contributed by atoms with Gasteiger partial charge in [-0.3, -0.25) is 0 Å². The summed E-state index contributed by atoms with van der Waals surface area (Å²) in [5, 5.41) is 0.251. The summed E-state index contributed by atoms with van der Waals surface area (Å²) in [5.74, 6) is 0.899. The number of benzene rings is 1. The number of ether oxygens (including phenoxy) is 1. The normalized spacial score (nSPS) is 23.0. The Kier molecular flexibility index (Phi) is 5.85. The molecule has 0 heterocycles. The predicted molar refractivity (Wildman–Crippen MR) is 88.9 cm³/mol. The lowest BCUT2D eigenvalue weighted by Gasteiger charge is -2.29. The van der Waals surface area contributed by atoms with Crippen molar-refractivity contribution in [3.05, 3.63) is 21.6 Å². The predicted octanol–water partition coefficient (Wildman–Crippen LogP) is 5.38. The van der Waals surface area contributed by atoms with Crippen LogP contribution in [0.3, 0.4) is 0 Å². The van der Waals surface area contributed by atoms with E-state index in [-0.39, 0.29) is 21.8 Å². The van der Waals surface area contributed by atoms with Crippen LogP contribution in [0, 0.1) is 5.92 Å². The molecule has 0 unspecified atom stereocenters. The van der Waals surface area contributed by atoms with Gasteiger partial charge in [0.05, 0.1) is 11.1 Å². The van der Waals surface area contributed by atoms with Crippen molar-refractivity contribution in [1.82, 2.24) is 0 Å². The molecule has 1 aromatic carbocycles. The molecule has 21 heavy (non-hydrogen) atoms. The molecule has 0 bridgehead atoms. The van der Waals surface area contributed by atoms with Crippen LogP contribution < -0.4 is 4.74 Å². The monoisotopic (exact) mass is 414 g/mol. The second-order valence-electron chi connectivity index (χ2n) is 5.32. The molecule has 7 heteroatoms. The summed E-state index contributed by atoms with van der Waals surface area (Å²) in [6, 6.07) is 3.03. The fraction of sp³-hybridized carbons (Fsp3) is 0.571. The molecule has 0 atom stereocenters. The highest BCUT2D eigenvalue weighted by molar-refractivity contribution is 9.10. The number of halogens is 3. The molecule has 118 valence electrons. The van der Waals surface area contributed by atoms with Crippen molar-refractivity contribution in [2.24, 2.45) is 5.92 Å². The first kappa shape index (κ1) is 17.4. The van der Waals surface area contributed by atoms with Crippen LogP contribution in [0.25, 0.3) is 0 Å². The average Bonchev–Trinajstić information content (AvgIpc) is 2.41. The molecular formula is C14H17BrCl2O3S. The topological polar surface area (TPSA) is 43.4 Å². The third-order valence-corrected chi connectivity index (χ3v) is 5.96. The summed E-state index contributed by atoms with van der Waals surface area (Å²) in [6.07, 6.45) is 5.17. The van der Waals surface area contributed by atoms with E-state index in [9.17, 15) is 8.42 Å². The molecule has 0 N–H and O–H groups in total. The number of hydrogen-bond donors (Lipinski definition) is 0. The van der Waals surface area contributed by atoms with Crippen molar-refractivity contribution in [3.8, 4) is 5.75 Å².